The lowest BCUT2D eigenvalue weighted by Crippen LogP contribution is -2.31. The van der Waals surface area contributed by atoms with E-state index in [9.17, 15) is 8.42 Å². The molecule has 0 fully saturated rings. The zero-order chi connectivity index (χ0) is 11.3. The summed E-state index contributed by atoms with van der Waals surface area (Å²) in [4.78, 5) is 4.09. The van der Waals surface area contributed by atoms with Gasteiger partial charge in [-0.2, -0.15) is 4.31 Å². The summed E-state index contributed by atoms with van der Waals surface area (Å²) in [7, 11) is -3.20. The van der Waals surface area contributed by atoms with E-state index in [1.54, 1.807) is 12.3 Å². The minimum atomic E-state index is -3.20. The molecular formula is C9H13BrN2O2S. The number of halogens is 1. The molecule has 4 nitrogen and oxygen atoms in total. The van der Waals surface area contributed by atoms with Crippen LogP contribution in [0.5, 0.6) is 0 Å². The number of hydrogen-bond acceptors (Lipinski definition) is 3. The van der Waals surface area contributed by atoms with E-state index in [1.807, 2.05) is 19.1 Å². The Kier molecular flexibility index (Phi) is 4.69. The molecule has 1 aromatic heterocycles. The van der Waals surface area contributed by atoms with Gasteiger partial charge in [-0.1, -0.05) is 28.9 Å². The molecule has 0 aliphatic carbocycles. The molecule has 0 N–H and O–H groups in total. The van der Waals surface area contributed by atoms with Crippen LogP contribution in [0.2, 0.25) is 0 Å². The van der Waals surface area contributed by atoms with Gasteiger partial charge in [0, 0.05) is 12.7 Å². The maximum Gasteiger partial charge on any atom is 0.224 e. The van der Waals surface area contributed by atoms with Crippen LogP contribution in [0, 0.1) is 0 Å². The number of aromatic nitrogens is 1. The summed E-state index contributed by atoms with van der Waals surface area (Å²) in [6.07, 6.45) is 1.66. The van der Waals surface area contributed by atoms with Crippen molar-refractivity contribution in [2.45, 2.75) is 13.5 Å². The molecule has 1 heterocycles. The molecule has 1 aromatic rings. The number of nitrogens with zero attached hydrogens (tertiary/aromatic N) is 2. The summed E-state index contributed by atoms with van der Waals surface area (Å²) >= 11 is 2.98. The Balaban J connectivity index is 2.80. The Labute approximate surface area is 98.5 Å². The number of alkyl halides is 1. The van der Waals surface area contributed by atoms with Crippen molar-refractivity contribution >= 4 is 26.0 Å². The molecule has 0 unspecified atom stereocenters. The predicted molar refractivity (Wildman–Crippen MR) is 63.0 cm³/mol. The van der Waals surface area contributed by atoms with Gasteiger partial charge >= 0.3 is 0 Å². The molecule has 0 saturated carbocycles. The van der Waals surface area contributed by atoms with Crippen LogP contribution in [0.1, 0.15) is 12.6 Å². The second kappa shape index (κ2) is 5.58. The van der Waals surface area contributed by atoms with Crippen LogP contribution in [-0.4, -0.2) is 28.9 Å². The molecule has 0 saturated heterocycles. The third-order valence-corrected chi connectivity index (χ3v) is 5.13. The zero-order valence-electron chi connectivity index (χ0n) is 8.43. The first-order valence-electron chi connectivity index (χ1n) is 4.54. The Morgan fingerprint density at radius 3 is 2.67 bits per heavy atom. The summed E-state index contributed by atoms with van der Waals surface area (Å²) in [6, 6.07) is 5.46. The van der Waals surface area contributed by atoms with Gasteiger partial charge in [0.15, 0.2) is 0 Å². The molecule has 0 radical (unpaired) electrons. The van der Waals surface area contributed by atoms with Crippen molar-refractivity contribution in [3.63, 3.8) is 0 Å². The maximum atomic E-state index is 11.6. The van der Waals surface area contributed by atoms with E-state index in [1.165, 1.54) is 4.31 Å². The van der Waals surface area contributed by atoms with E-state index in [2.05, 4.69) is 20.9 Å². The lowest BCUT2D eigenvalue weighted by atomic mass is 10.3. The van der Waals surface area contributed by atoms with Crippen LogP contribution in [-0.2, 0) is 16.6 Å². The Morgan fingerprint density at radius 2 is 2.20 bits per heavy atom. The molecule has 1 rings (SSSR count). The average molecular weight is 293 g/mol. The third-order valence-electron chi connectivity index (χ3n) is 1.95. The second-order valence-electron chi connectivity index (χ2n) is 2.97. The molecule has 0 aromatic carbocycles. The molecule has 0 aliphatic heterocycles. The van der Waals surface area contributed by atoms with Gasteiger partial charge in [0.25, 0.3) is 0 Å². The van der Waals surface area contributed by atoms with Crippen molar-refractivity contribution in [3.8, 4) is 0 Å². The van der Waals surface area contributed by atoms with E-state index in [0.29, 0.717) is 13.1 Å². The van der Waals surface area contributed by atoms with Gasteiger partial charge in [-0.15, -0.1) is 0 Å². The number of hydrogen-bond donors (Lipinski definition) is 0. The third kappa shape index (κ3) is 3.55. The summed E-state index contributed by atoms with van der Waals surface area (Å²) in [5.41, 5.74) is 0.754. The normalized spacial score (nSPS) is 11.9. The Morgan fingerprint density at radius 1 is 1.47 bits per heavy atom. The highest BCUT2D eigenvalue weighted by Gasteiger charge is 2.19. The molecule has 0 spiro atoms. The van der Waals surface area contributed by atoms with E-state index in [-0.39, 0.29) is 4.66 Å². The molecule has 84 valence electrons. The highest BCUT2D eigenvalue weighted by molar-refractivity contribution is 9.10. The lowest BCUT2D eigenvalue weighted by Gasteiger charge is -2.18. The van der Waals surface area contributed by atoms with Crippen molar-refractivity contribution < 1.29 is 8.42 Å². The molecule has 15 heavy (non-hydrogen) atoms. The molecule has 0 atom stereocenters. The first-order valence-corrected chi connectivity index (χ1v) is 7.27. The standard InChI is InChI=1S/C9H13BrN2O2S/c1-2-12(15(13,14)8-10)7-9-5-3-4-6-11-9/h3-6H,2,7-8H2,1H3. The van der Waals surface area contributed by atoms with Gasteiger partial charge in [-0.3, -0.25) is 4.98 Å². The zero-order valence-corrected chi connectivity index (χ0v) is 10.8. The number of sulfonamides is 1. The van der Waals surface area contributed by atoms with Crippen LogP contribution in [0.3, 0.4) is 0 Å². The van der Waals surface area contributed by atoms with Crippen molar-refractivity contribution in [2.75, 3.05) is 11.2 Å². The van der Waals surface area contributed by atoms with Crippen LogP contribution in [0.4, 0.5) is 0 Å². The largest absolute Gasteiger partial charge is 0.260 e. The maximum absolute atomic E-state index is 11.6. The molecule has 0 bridgehead atoms. The Hall–Kier alpha value is -0.460. The smallest absolute Gasteiger partial charge is 0.224 e. The van der Waals surface area contributed by atoms with Gasteiger partial charge in [-0.05, 0) is 12.1 Å². The van der Waals surface area contributed by atoms with Gasteiger partial charge in [0.1, 0.15) is 4.66 Å². The molecular weight excluding hydrogens is 280 g/mol. The second-order valence-corrected chi connectivity index (χ2v) is 6.24. The minimum absolute atomic E-state index is 0.0549. The van der Waals surface area contributed by atoms with Crippen molar-refractivity contribution in [3.05, 3.63) is 30.1 Å². The van der Waals surface area contributed by atoms with Gasteiger partial charge in [-0.25, -0.2) is 8.42 Å². The highest BCUT2D eigenvalue weighted by Crippen LogP contribution is 2.09. The fourth-order valence-corrected chi connectivity index (χ4v) is 2.88. The SMILES string of the molecule is CCN(Cc1ccccn1)S(=O)(=O)CBr. The quantitative estimate of drug-likeness (QED) is 0.775. The van der Waals surface area contributed by atoms with Crippen LogP contribution < -0.4 is 0 Å². The number of rotatable bonds is 5. The fourth-order valence-electron chi connectivity index (χ4n) is 1.15. The van der Waals surface area contributed by atoms with Gasteiger partial charge in [0.2, 0.25) is 10.0 Å². The topological polar surface area (TPSA) is 50.3 Å². The van der Waals surface area contributed by atoms with Crippen LogP contribution in [0.15, 0.2) is 24.4 Å². The summed E-state index contributed by atoms with van der Waals surface area (Å²) in [5.74, 6) is 0. The highest BCUT2D eigenvalue weighted by atomic mass is 79.9. The van der Waals surface area contributed by atoms with Gasteiger partial charge < -0.3 is 0 Å². The van der Waals surface area contributed by atoms with Crippen molar-refractivity contribution in [2.24, 2.45) is 0 Å². The van der Waals surface area contributed by atoms with E-state index in [0.717, 1.165) is 5.69 Å². The average Bonchev–Trinajstić information content (AvgIpc) is 2.27. The summed E-state index contributed by atoms with van der Waals surface area (Å²) in [6.45, 7) is 2.58. The van der Waals surface area contributed by atoms with Crippen LogP contribution >= 0.6 is 15.9 Å². The molecule has 0 aliphatic rings. The van der Waals surface area contributed by atoms with E-state index < -0.39 is 10.0 Å². The first kappa shape index (κ1) is 12.6. The fraction of sp³-hybridized carbons (Fsp3) is 0.444. The summed E-state index contributed by atoms with van der Waals surface area (Å²) in [5, 5.41) is 0. The van der Waals surface area contributed by atoms with E-state index >= 15 is 0 Å². The lowest BCUT2D eigenvalue weighted by molar-refractivity contribution is 0.422. The van der Waals surface area contributed by atoms with E-state index in [4.69, 9.17) is 0 Å². The van der Waals surface area contributed by atoms with Crippen LogP contribution in [0.25, 0.3) is 0 Å². The Bertz CT molecular complexity index is 394. The summed E-state index contributed by atoms with van der Waals surface area (Å²) < 4.78 is 24.5. The van der Waals surface area contributed by atoms with Crippen molar-refractivity contribution in [1.29, 1.82) is 0 Å². The monoisotopic (exact) mass is 292 g/mol. The minimum Gasteiger partial charge on any atom is -0.260 e. The van der Waals surface area contributed by atoms with Crippen molar-refractivity contribution in [1.82, 2.24) is 9.29 Å². The number of pyridine rings is 1. The molecule has 0 amide bonds. The molecule has 6 heteroatoms. The van der Waals surface area contributed by atoms with Gasteiger partial charge in [0.05, 0.1) is 12.2 Å². The predicted octanol–water partition coefficient (Wildman–Crippen LogP) is 1.59. The first-order chi connectivity index (χ1) is 7.10.